The van der Waals surface area contributed by atoms with Crippen LogP contribution in [0.25, 0.3) is 77.0 Å². The van der Waals surface area contributed by atoms with Crippen molar-refractivity contribution in [1.82, 2.24) is 0 Å². The fourth-order valence-corrected chi connectivity index (χ4v) is 12.2. The van der Waals surface area contributed by atoms with Crippen molar-refractivity contribution in [2.75, 3.05) is 9.71 Å². The maximum Gasteiger partial charge on any atom is 0.337 e. The molecular formula is C65H49BN2O. The van der Waals surface area contributed by atoms with Gasteiger partial charge in [0, 0.05) is 38.8 Å². The number of hydrogen-bond acceptors (Lipinski definition) is 3. The number of anilines is 5. The molecule has 0 unspecified atom stereocenters. The molecule has 328 valence electrons. The van der Waals surface area contributed by atoms with E-state index in [2.05, 4.69) is 251 Å². The normalized spacial score (nSPS) is 14.2. The van der Waals surface area contributed by atoms with Gasteiger partial charge in [-0.05, 0) is 137 Å². The number of fused-ring (bicyclic) bond motifs is 12. The molecule has 3 heterocycles. The Morgan fingerprint density at radius 3 is 1.78 bits per heavy atom. The van der Waals surface area contributed by atoms with E-state index in [4.69, 9.17) is 4.42 Å². The minimum atomic E-state index is -0.346. The van der Waals surface area contributed by atoms with Crippen molar-refractivity contribution in [1.29, 1.82) is 0 Å². The lowest BCUT2D eigenvalue weighted by Gasteiger charge is -2.46. The number of nitrogens with zero attached hydrogens (tertiary/aromatic N) is 2. The maximum absolute atomic E-state index is 7.63. The number of benzene rings is 10. The van der Waals surface area contributed by atoms with Crippen LogP contribution in [0.5, 0.6) is 0 Å². The first-order chi connectivity index (χ1) is 33.6. The quantitative estimate of drug-likeness (QED) is 0.164. The molecule has 3 nitrogen and oxygen atoms in total. The highest BCUT2D eigenvalue weighted by Gasteiger charge is 2.52. The second-order valence-corrected chi connectivity index (χ2v) is 20.9. The fraction of sp³-hybridized carbons (Fsp3) is 0.108. The summed E-state index contributed by atoms with van der Waals surface area (Å²) < 4.78 is 7.63. The van der Waals surface area contributed by atoms with Crippen LogP contribution in [0.15, 0.2) is 211 Å². The number of furan rings is 1. The number of hydrogen-bond donors (Lipinski definition) is 0. The first-order valence-electron chi connectivity index (χ1n) is 24.4. The Kier molecular flexibility index (Phi) is 8.39. The van der Waals surface area contributed by atoms with Crippen LogP contribution in [0.4, 0.5) is 28.6 Å². The van der Waals surface area contributed by atoms with Crippen LogP contribution in [0.3, 0.4) is 0 Å². The van der Waals surface area contributed by atoms with E-state index in [1.807, 2.05) is 0 Å². The molecule has 0 bridgehead atoms. The van der Waals surface area contributed by atoms with Crippen LogP contribution < -0.4 is 20.6 Å². The molecule has 1 aliphatic carbocycles. The van der Waals surface area contributed by atoms with Gasteiger partial charge in [-0.25, -0.2) is 0 Å². The molecule has 0 radical (unpaired) electrons. The van der Waals surface area contributed by atoms with Crippen molar-refractivity contribution in [3.8, 4) is 44.5 Å². The lowest BCUT2D eigenvalue weighted by Crippen LogP contribution is -2.61. The molecule has 0 N–H and O–H groups in total. The van der Waals surface area contributed by atoms with Gasteiger partial charge in [0.15, 0.2) is 0 Å². The Hall–Kier alpha value is -8.08. The Bertz CT molecular complexity index is 3920. The summed E-state index contributed by atoms with van der Waals surface area (Å²) in [5.41, 5.74) is 21.3. The average molecular weight is 885 g/mol. The fourth-order valence-electron chi connectivity index (χ4n) is 12.2. The monoisotopic (exact) mass is 884 g/mol. The minimum Gasteiger partial charge on any atom is -0.440 e. The smallest absolute Gasteiger partial charge is 0.337 e. The predicted octanol–water partition coefficient (Wildman–Crippen LogP) is 16.4. The van der Waals surface area contributed by atoms with Crippen LogP contribution in [-0.4, -0.2) is 6.85 Å². The Labute approximate surface area is 404 Å². The van der Waals surface area contributed by atoms with E-state index in [0.29, 0.717) is 0 Å². The van der Waals surface area contributed by atoms with E-state index in [-0.39, 0.29) is 17.7 Å². The summed E-state index contributed by atoms with van der Waals surface area (Å²) in [7, 11) is 0. The van der Waals surface area contributed by atoms with E-state index in [9.17, 15) is 0 Å². The van der Waals surface area contributed by atoms with Gasteiger partial charge in [0.1, 0.15) is 5.58 Å². The molecule has 0 fully saturated rings. The molecule has 1 aromatic heterocycles. The average Bonchev–Trinajstić information content (AvgIpc) is 3.86. The Morgan fingerprint density at radius 2 is 1.07 bits per heavy atom. The van der Waals surface area contributed by atoms with E-state index >= 15 is 0 Å². The van der Waals surface area contributed by atoms with Crippen molar-refractivity contribution in [2.45, 2.75) is 45.4 Å². The molecule has 0 spiro atoms. The van der Waals surface area contributed by atoms with E-state index in [0.717, 1.165) is 33.6 Å². The largest absolute Gasteiger partial charge is 0.440 e. The third-order valence-electron chi connectivity index (χ3n) is 15.5. The Balaban J connectivity index is 1.17. The summed E-state index contributed by atoms with van der Waals surface area (Å²) in [6.45, 7) is 11.5. The lowest BCUT2D eigenvalue weighted by molar-refractivity contribution is 0.590. The van der Waals surface area contributed by atoms with Gasteiger partial charge in [0.2, 0.25) is 5.88 Å². The van der Waals surface area contributed by atoms with Crippen molar-refractivity contribution < 1.29 is 4.42 Å². The second kappa shape index (κ2) is 14.5. The van der Waals surface area contributed by atoms with Gasteiger partial charge in [0.25, 0.3) is 0 Å². The van der Waals surface area contributed by atoms with Gasteiger partial charge in [-0.15, -0.1) is 0 Å². The van der Waals surface area contributed by atoms with Gasteiger partial charge >= 0.3 is 6.85 Å². The first kappa shape index (κ1) is 40.0. The van der Waals surface area contributed by atoms with Crippen LogP contribution >= 0.6 is 0 Å². The molecule has 0 amide bonds. The maximum atomic E-state index is 7.63. The summed E-state index contributed by atoms with van der Waals surface area (Å²) in [5.74, 6) is 0.861. The highest BCUT2D eigenvalue weighted by atomic mass is 16.4. The zero-order valence-corrected chi connectivity index (χ0v) is 39.5. The standard InChI is InChI=1S/C65H49BN2O/c1-64(2,3)47-30-33-56(50(38-47)42-20-10-7-11-21-42)67-62-59-52(49-26-16-17-27-55(49)65(59,4)5)39-53-51-34-43-22-12-14-24-45(43)36-57(51)68(48-31-28-41(29-32-48)40-18-8-6-9-19-40)66(60(53)62)61-54-35-44-23-13-15-25-46(44)37-58(54)69-63(61)67/h6-39H,1-5H3. The molecule has 0 saturated carbocycles. The van der Waals surface area contributed by atoms with Crippen LogP contribution in [-0.2, 0) is 10.8 Å². The number of rotatable bonds is 4. The van der Waals surface area contributed by atoms with Crippen molar-refractivity contribution in [3.63, 3.8) is 0 Å². The molecule has 2 aliphatic heterocycles. The summed E-state index contributed by atoms with van der Waals surface area (Å²) >= 11 is 0. The third-order valence-corrected chi connectivity index (χ3v) is 15.5. The molecular weight excluding hydrogens is 836 g/mol. The van der Waals surface area contributed by atoms with Crippen LogP contribution in [0.1, 0.15) is 51.3 Å². The van der Waals surface area contributed by atoms with E-state index in [1.54, 1.807) is 0 Å². The highest BCUT2D eigenvalue weighted by molar-refractivity contribution is 6.95. The summed E-state index contributed by atoms with van der Waals surface area (Å²) in [6.07, 6.45) is 0. The Morgan fingerprint density at radius 1 is 0.464 bits per heavy atom. The molecule has 10 aromatic carbocycles. The van der Waals surface area contributed by atoms with E-state index in [1.165, 1.54) is 99.7 Å². The second-order valence-electron chi connectivity index (χ2n) is 20.9. The summed E-state index contributed by atoms with van der Waals surface area (Å²) in [6, 6.07) is 76.9. The first-order valence-corrected chi connectivity index (χ1v) is 24.4. The van der Waals surface area contributed by atoms with Gasteiger partial charge < -0.3 is 9.23 Å². The minimum absolute atomic E-state index is 0.0699. The van der Waals surface area contributed by atoms with E-state index < -0.39 is 0 Å². The topological polar surface area (TPSA) is 19.6 Å². The van der Waals surface area contributed by atoms with Crippen LogP contribution in [0, 0.1) is 0 Å². The van der Waals surface area contributed by atoms with Crippen molar-refractivity contribution >= 4 is 78.9 Å². The summed E-state index contributed by atoms with van der Waals surface area (Å²) in [5, 5.41) is 5.91. The predicted molar refractivity (Wildman–Crippen MR) is 292 cm³/mol. The van der Waals surface area contributed by atoms with Gasteiger partial charge in [-0.3, -0.25) is 4.90 Å². The van der Waals surface area contributed by atoms with Crippen molar-refractivity contribution in [2.24, 2.45) is 0 Å². The van der Waals surface area contributed by atoms with Crippen LogP contribution in [0.2, 0.25) is 0 Å². The lowest BCUT2D eigenvalue weighted by atomic mass is 9.43. The molecule has 0 atom stereocenters. The molecule has 0 saturated heterocycles. The SMILES string of the molecule is CC(C)(C)c1ccc(N2c3oc4cc5ccccc5cc4c3B3c4c(cc5c(c42)C(C)(C)c2ccccc2-5)-c2cc4ccccc4cc2N3c2ccc(-c3ccccc3)cc2)c(-c2ccccc2)c1. The molecule has 69 heavy (non-hydrogen) atoms. The molecule has 3 aliphatic rings. The zero-order valence-electron chi connectivity index (χ0n) is 39.5. The zero-order chi connectivity index (χ0) is 46.3. The molecule has 4 heteroatoms. The van der Waals surface area contributed by atoms with Gasteiger partial charge in [0.05, 0.1) is 11.4 Å². The highest BCUT2D eigenvalue weighted by Crippen LogP contribution is 2.59. The summed E-state index contributed by atoms with van der Waals surface area (Å²) in [4.78, 5) is 5.20. The third kappa shape index (κ3) is 5.82. The van der Waals surface area contributed by atoms with Gasteiger partial charge in [-0.1, -0.05) is 186 Å². The van der Waals surface area contributed by atoms with Crippen molar-refractivity contribution in [3.05, 3.63) is 223 Å². The van der Waals surface area contributed by atoms with Gasteiger partial charge in [-0.2, -0.15) is 0 Å². The molecule has 11 aromatic rings. The molecule has 14 rings (SSSR count).